The minimum Gasteiger partial charge on any atom is -0.299 e. The summed E-state index contributed by atoms with van der Waals surface area (Å²) in [5, 5.41) is 0. The minimum absolute atomic E-state index is 0.424. The first-order valence-electron chi connectivity index (χ1n) is 5.39. The second-order valence-corrected chi connectivity index (χ2v) is 4.74. The molecular formula is C12H18O. The van der Waals surface area contributed by atoms with Crippen molar-refractivity contribution in [3.63, 3.8) is 0 Å². The smallest absolute Gasteiger partial charge is 0.136 e. The molecular weight excluding hydrogens is 160 g/mol. The third kappa shape index (κ3) is 2.20. The van der Waals surface area contributed by atoms with Crippen molar-refractivity contribution in [2.75, 3.05) is 0 Å². The van der Waals surface area contributed by atoms with E-state index in [0.29, 0.717) is 17.1 Å². The van der Waals surface area contributed by atoms with Crippen LogP contribution in [0.5, 0.6) is 0 Å². The van der Waals surface area contributed by atoms with Crippen molar-refractivity contribution in [1.82, 2.24) is 0 Å². The molecule has 1 nitrogen and oxygen atoms in total. The van der Waals surface area contributed by atoms with Crippen LogP contribution in [0.15, 0.2) is 12.7 Å². The van der Waals surface area contributed by atoms with Gasteiger partial charge >= 0.3 is 0 Å². The molecule has 2 rings (SSSR count). The van der Waals surface area contributed by atoms with E-state index in [-0.39, 0.29) is 0 Å². The van der Waals surface area contributed by atoms with Gasteiger partial charge in [0.25, 0.3) is 0 Å². The summed E-state index contributed by atoms with van der Waals surface area (Å²) in [5.74, 6) is 1.00. The Morgan fingerprint density at radius 1 is 1.46 bits per heavy atom. The van der Waals surface area contributed by atoms with E-state index in [1.165, 1.54) is 19.3 Å². The molecule has 2 aliphatic carbocycles. The molecule has 0 saturated heterocycles. The van der Waals surface area contributed by atoms with Crippen LogP contribution < -0.4 is 0 Å². The summed E-state index contributed by atoms with van der Waals surface area (Å²) in [4.78, 5) is 11.6. The van der Waals surface area contributed by atoms with Crippen LogP contribution in [0.1, 0.15) is 44.9 Å². The number of allylic oxidation sites excluding steroid dienone is 1. The van der Waals surface area contributed by atoms with Crippen LogP contribution in [0.2, 0.25) is 0 Å². The standard InChI is InChI=1S/C12H18O/c1-2-3-6-12(7-8-12)9-11(13)10-4-5-10/h2,10H,1,3-9H2. The molecule has 1 heteroatoms. The van der Waals surface area contributed by atoms with Crippen LogP contribution in [-0.2, 0) is 4.79 Å². The number of ketones is 1. The van der Waals surface area contributed by atoms with Crippen molar-refractivity contribution in [1.29, 1.82) is 0 Å². The van der Waals surface area contributed by atoms with Crippen LogP contribution in [-0.4, -0.2) is 5.78 Å². The SMILES string of the molecule is C=CCCC1(CC(=O)C2CC2)CC1. The summed E-state index contributed by atoms with van der Waals surface area (Å²) < 4.78 is 0. The van der Waals surface area contributed by atoms with Crippen molar-refractivity contribution in [2.24, 2.45) is 11.3 Å². The van der Waals surface area contributed by atoms with E-state index in [2.05, 4.69) is 6.58 Å². The molecule has 0 aromatic heterocycles. The van der Waals surface area contributed by atoms with Gasteiger partial charge in [0.2, 0.25) is 0 Å². The van der Waals surface area contributed by atoms with Gasteiger partial charge in [-0.05, 0) is 43.9 Å². The van der Waals surface area contributed by atoms with Gasteiger partial charge in [0.05, 0.1) is 0 Å². The molecule has 0 atom stereocenters. The molecule has 0 N–H and O–H groups in total. The summed E-state index contributed by atoms with van der Waals surface area (Å²) in [7, 11) is 0. The van der Waals surface area contributed by atoms with Crippen molar-refractivity contribution in [3.8, 4) is 0 Å². The highest BCUT2D eigenvalue weighted by Gasteiger charge is 2.45. The van der Waals surface area contributed by atoms with Crippen LogP contribution >= 0.6 is 0 Å². The molecule has 72 valence electrons. The fourth-order valence-electron chi connectivity index (χ4n) is 2.02. The maximum Gasteiger partial charge on any atom is 0.136 e. The first-order valence-corrected chi connectivity index (χ1v) is 5.39. The summed E-state index contributed by atoms with van der Waals surface area (Å²) in [6, 6.07) is 0. The topological polar surface area (TPSA) is 17.1 Å². The zero-order valence-corrected chi connectivity index (χ0v) is 8.22. The highest BCUT2D eigenvalue weighted by atomic mass is 16.1. The van der Waals surface area contributed by atoms with Gasteiger partial charge in [0.1, 0.15) is 5.78 Å². The lowest BCUT2D eigenvalue weighted by atomic mass is 9.92. The molecule has 2 saturated carbocycles. The Bertz CT molecular complexity index is 221. The van der Waals surface area contributed by atoms with Crippen molar-refractivity contribution in [3.05, 3.63) is 12.7 Å². The average Bonchev–Trinajstić information content (AvgIpc) is 2.96. The van der Waals surface area contributed by atoms with E-state index in [1.807, 2.05) is 6.08 Å². The maximum atomic E-state index is 11.6. The van der Waals surface area contributed by atoms with Crippen LogP contribution in [0.4, 0.5) is 0 Å². The lowest BCUT2D eigenvalue weighted by Gasteiger charge is -2.11. The van der Waals surface area contributed by atoms with E-state index in [1.54, 1.807) is 0 Å². The van der Waals surface area contributed by atoms with E-state index in [4.69, 9.17) is 0 Å². The highest BCUT2D eigenvalue weighted by molar-refractivity contribution is 5.84. The van der Waals surface area contributed by atoms with E-state index in [0.717, 1.165) is 25.7 Å². The van der Waals surface area contributed by atoms with Gasteiger partial charge in [-0.3, -0.25) is 4.79 Å². The quantitative estimate of drug-likeness (QED) is 0.571. The zero-order chi connectivity index (χ0) is 9.31. The average molecular weight is 178 g/mol. The number of carbonyl (C=O) groups excluding carboxylic acids is 1. The predicted molar refractivity (Wildman–Crippen MR) is 53.4 cm³/mol. The largest absolute Gasteiger partial charge is 0.299 e. The summed E-state index contributed by atoms with van der Waals surface area (Å²) in [6.07, 6.45) is 9.99. The Morgan fingerprint density at radius 3 is 2.62 bits per heavy atom. The van der Waals surface area contributed by atoms with E-state index in [9.17, 15) is 4.79 Å². The fourth-order valence-corrected chi connectivity index (χ4v) is 2.02. The molecule has 2 fully saturated rings. The molecule has 0 aromatic carbocycles. The van der Waals surface area contributed by atoms with E-state index < -0.39 is 0 Å². The Labute approximate surface area is 80.2 Å². The first-order chi connectivity index (χ1) is 6.26. The molecule has 0 bridgehead atoms. The Balaban J connectivity index is 1.78. The van der Waals surface area contributed by atoms with Gasteiger partial charge in [-0.25, -0.2) is 0 Å². The molecule has 0 unspecified atom stereocenters. The predicted octanol–water partition coefficient (Wildman–Crippen LogP) is 3.10. The van der Waals surface area contributed by atoms with Gasteiger partial charge in [0.15, 0.2) is 0 Å². The monoisotopic (exact) mass is 178 g/mol. The lowest BCUT2D eigenvalue weighted by Crippen LogP contribution is -2.10. The molecule has 0 aromatic rings. The molecule has 13 heavy (non-hydrogen) atoms. The molecule has 0 radical (unpaired) electrons. The molecule has 0 heterocycles. The molecule has 2 aliphatic rings. The number of rotatable bonds is 6. The second-order valence-electron chi connectivity index (χ2n) is 4.74. The highest BCUT2D eigenvalue weighted by Crippen LogP contribution is 2.54. The minimum atomic E-state index is 0.424. The van der Waals surface area contributed by atoms with Gasteiger partial charge in [-0.2, -0.15) is 0 Å². The normalized spacial score (nSPS) is 24.0. The van der Waals surface area contributed by atoms with Crippen molar-refractivity contribution < 1.29 is 4.79 Å². The number of hydrogen-bond acceptors (Lipinski definition) is 1. The number of hydrogen-bond donors (Lipinski definition) is 0. The third-order valence-corrected chi connectivity index (χ3v) is 3.42. The summed E-state index contributed by atoms with van der Waals surface area (Å²) in [6.45, 7) is 3.73. The first kappa shape index (κ1) is 8.98. The summed E-state index contributed by atoms with van der Waals surface area (Å²) >= 11 is 0. The van der Waals surface area contributed by atoms with Gasteiger partial charge in [-0.15, -0.1) is 6.58 Å². The van der Waals surface area contributed by atoms with Gasteiger partial charge in [0, 0.05) is 12.3 Å². The van der Waals surface area contributed by atoms with Crippen LogP contribution in [0.25, 0.3) is 0 Å². The summed E-state index contributed by atoms with van der Waals surface area (Å²) in [5.41, 5.74) is 0.424. The fraction of sp³-hybridized carbons (Fsp3) is 0.750. The van der Waals surface area contributed by atoms with Crippen LogP contribution in [0, 0.1) is 11.3 Å². The van der Waals surface area contributed by atoms with Crippen molar-refractivity contribution in [2.45, 2.75) is 44.9 Å². The van der Waals surface area contributed by atoms with Crippen molar-refractivity contribution >= 4 is 5.78 Å². The second kappa shape index (κ2) is 3.28. The Hall–Kier alpha value is -0.590. The van der Waals surface area contributed by atoms with E-state index >= 15 is 0 Å². The van der Waals surface area contributed by atoms with Gasteiger partial charge in [-0.1, -0.05) is 6.08 Å². The molecule has 0 amide bonds. The number of Topliss-reactive ketones (excluding diaryl/α,β-unsaturated/α-hetero) is 1. The Kier molecular flexibility index (Phi) is 2.27. The number of carbonyl (C=O) groups is 1. The molecule has 0 spiro atoms. The van der Waals surface area contributed by atoms with Crippen LogP contribution in [0.3, 0.4) is 0 Å². The third-order valence-electron chi connectivity index (χ3n) is 3.42. The Morgan fingerprint density at radius 2 is 2.15 bits per heavy atom. The zero-order valence-electron chi connectivity index (χ0n) is 8.22. The lowest BCUT2D eigenvalue weighted by molar-refractivity contribution is -0.121. The van der Waals surface area contributed by atoms with Gasteiger partial charge < -0.3 is 0 Å². The molecule has 0 aliphatic heterocycles. The maximum absolute atomic E-state index is 11.6.